The van der Waals surface area contributed by atoms with Crippen molar-refractivity contribution >= 4 is 11.6 Å². The van der Waals surface area contributed by atoms with E-state index >= 15 is 0 Å². The summed E-state index contributed by atoms with van der Waals surface area (Å²) in [5, 5.41) is 3.93. The Morgan fingerprint density at radius 2 is 2.22 bits per heavy atom. The third-order valence-corrected chi connectivity index (χ3v) is 2.89. The van der Waals surface area contributed by atoms with Gasteiger partial charge in [-0.25, -0.2) is 0 Å². The molecule has 1 saturated carbocycles. The zero-order valence-electron chi connectivity index (χ0n) is 10.5. The minimum atomic E-state index is 0.289. The molecule has 2 rings (SSSR count). The van der Waals surface area contributed by atoms with Gasteiger partial charge in [0.25, 0.3) is 0 Å². The Balaban J connectivity index is 2.02. The third kappa shape index (κ3) is 3.93. The van der Waals surface area contributed by atoms with Gasteiger partial charge < -0.3 is 14.8 Å². The third-order valence-electron chi connectivity index (χ3n) is 2.78. The monoisotopic (exact) mass is 267 g/mol. The van der Waals surface area contributed by atoms with E-state index in [4.69, 9.17) is 21.1 Å². The van der Waals surface area contributed by atoms with Crippen LogP contribution in [-0.4, -0.2) is 19.8 Å². The summed E-state index contributed by atoms with van der Waals surface area (Å²) in [6.07, 6.45) is 2.57. The molecule has 0 amide bonds. The molecule has 0 radical (unpaired) electrons. The topological polar surface area (TPSA) is 30.5 Å². The lowest BCUT2D eigenvalue weighted by atomic mass is 10.2. The van der Waals surface area contributed by atoms with Crippen LogP contribution in [0.2, 0.25) is 0 Å². The Morgan fingerprint density at radius 1 is 1.44 bits per heavy atom. The molecule has 0 atom stereocenters. The molecule has 1 fully saturated rings. The van der Waals surface area contributed by atoms with Crippen LogP contribution < -0.4 is 14.8 Å². The number of hydrogen-bond donors (Lipinski definition) is 1. The van der Waals surface area contributed by atoms with Crippen LogP contribution >= 0.6 is 11.6 Å². The van der Waals surface area contributed by atoms with Gasteiger partial charge in [0.15, 0.2) is 11.5 Å². The molecule has 4 heteroatoms. The van der Waals surface area contributed by atoms with Crippen LogP contribution in [0.25, 0.3) is 0 Å². The van der Waals surface area contributed by atoms with Crippen molar-refractivity contribution < 1.29 is 9.47 Å². The summed E-state index contributed by atoms with van der Waals surface area (Å²) >= 11 is 5.70. The zero-order valence-corrected chi connectivity index (χ0v) is 11.3. The molecule has 1 aliphatic rings. The summed E-state index contributed by atoms with van der Waals surface area (Å²) < 4.78 is 10.8. The quantitative estimate of drug-likeness (QED) is 0.824. The first-order valence-electron chi connectivity index (χ1n) is 6.05. The second kappa shape index (κ2) is 6.12. The van der Waals surface area contributed by atoms with Gasteiger partial charge in [-0.3, -0.25) is 0 Å². The highest BCUT2D eigenvalue weighted by Crippen LogP contribution is 2.29. The van der Waals surface area contributed by atoms with E-state index in [0.29, 0.717) is 22.6 Å². The molecule has 98 valence electrons. The van der Waals surface area contributed by atoms with E-state index in [9.17, 15) is 0 Å². The zero-order chi connectivity index (χ0) is 13.0. The van der Waals surface area contributed by atoms with E-state index in [1.54, 1.807) is 7.11 Å². The van der Waals surface area contributed by atoms with Crippen molar-refractivity contribution in [2.24, 2.45) is 0 Å². The van der Waals surface area contributed by atoms with Crippen LogP contribution in [0.1, 0.15) is 18.4 Å². The number of ether oxygens (including phenoxy) is 2. The standard InChI is InChI=1S/C14H18ClNO2/c1-10(15)9-18-14-7-11(3-6-13(14)17-2)8-16-12-4-5-12/h3,6-7,12,16H,1,4-5,8-9H2,2H3. The minimum absolute atomic E-state index is 0.289. The second-order valence-electron chi connectivity index (χ2n) is 4.45. The van der Waals surface area contributed by atoms with Crippen LogP contribution in [0.15, 0.2) is 29.8 Å². The molecule has 1 aromatic carbocycles. The molecule has 0 spiro atoms. The highest BCUT2D eigenvalue weighted by atomic mass is 35.5. The highest BCUT2D eigenvalue weighted by Gasteiger charge is 2.20. The molecule has 3 nitrogen and oxygen atoms in total. The number of hydrogen-bond acceptors (Lipinski definition) is 3. The molecule has 0 unspecified atom stereocenters. The SMILES string of the molecule is C=C(Cl)COc1cc(CNC2CC2)ccc1OC. The van der Waals surface area contributed by atoms with E-state index in [-0.39, 0.29) is 6.61 Å². The number of rotatable bonds is 7. The first-order chi connectivity index (χ1) is 8.69. The van der Waals surface area contributed by atoms with Crippen molar-refractivity contribution in [3.05, 3.63) is 35.4 Å². The first-order valence-corrected chi connectivity index (χ1v) is 6.43. The van der Waals surface area contributed by atoms with Crippen molar-refractivity contribution in [1.82, 2.24) is 5.32 Å². The summed E-state index contributed by atoms with van der Waals surface area (Å²) in [6.45, 7) is 4.75. The maximum Gasteiger partial charge on any atom is 0.162 e. The molecule has 0 saturated heterocycles. The van der Waals surface area contributed by atoms with Crippen LogP contribution in [0.4, 0.5) is 0 Å². The van der Waals surface area contributed by atoms with Crippen LogP contribution in [0.5, 0.6) is 11.5 Å². The Bertz CT molecular complexity index is 430. The van der Waals surface area contributed by atoms with E-state index < -0.39 is 0 Å². The molecule has 18 heavy (non-hydrogen) atoms. The van der Waals surface area contributed by atoms with Gasteiger partial charge in [0, 0.05) is 17.6 Å². The smallest absolute Gasteiger partial charge is 0.162 e. The molecule has 1 aromatic rings. The normalized spacial score (nSPS) is 14.3. The molecule has 0 aliphatic heterocycles. The molecular weight excluding hydrogens is 250 g/mol. The lowest BCUT2D eigenvalue weighted by Gasteiger charge is -2.12. The number of methoxy groups -OCH3 is 1. The van der Waals surface area contributed by atoms with E-state index in [0.717, 1.165) is 6.54 Å². The number of halogens is 1. The molecule has 0 bridgehead atoms. The fourth-order valence-electron chi connectivity index (χ4n) is 1.65. The molecule has 0 heterocycles. The lowest BCUT2D eigenvalue weighted by Crippen LogP contribution is -2.15. The van der Waals surface area contributed by atoms with Gasteiger partial charge >= 0.3 is 0 Å². The fourth-order valence-corrected chi connectivity index (χ4v) is 1.70. The van der Waals surface area contributed by atoms with Gasteiger partial charge in [-0.05, 0) is 30.5 Å². The maximum absolute atomic E-state index is 5.70. The van der Waals surface area contributed by atoms with Gasteiger partial charge in [0.2, 0.25) is 0 Å². The average Bonchev–Trinajstić information content (AvgIpc) is 3.18. The van der Waals surface area contributed by atoms with Crippen molar-refractivity contribution in [1.29, 1.82) is 0 Å². The summed E-state index contributed by atoms with van der Waals surface area (Å²) in [5.41, 5.74) is 1.18. The first kappa shape index (κ1) is 13.2. The summed E-state index contributed by atoms with van der Waals surface area (Å²) in [6, 6.07) is 6.63. The predicted octanol–water partition coefficient (Wildman–Crippen LogP) is 3.08. The molecule has 1 aliphatic carbocycles. The average molecular weight is 268 g/mol. The molecule has 1 N–H and O–H groups in total. The van der Waals surface area contributed by atoms with Crippen molar-refractivity contribution in [3.63, 3.8) is 0 Å². The number of nitrogens with one attached hydrogen (secondary N) is 1. The largest absolute Gasteiger partial charge is 0.493 e. The fraction of sp³-hybridized carbons (Fsp3) is 0.429. The minimum Gasteiger partial charge on any atom is -0.493 e. The van der Waals surface area contributed by atoms with Gasteiger partial charge in [-0.2, -0.15) is 0 Å². The van der Waals surface area contributed by atoms with Crippen LogP contribution in [0.3, 0.4) is 0 Å². The highest BCUT2D eigenvalue weighted by molar-refractivity contribution is 6.29. The van der Waals surface area contributed by atoms with Gasteiger partial charge in [-0.1, -0.05) is 24.2 Å². The van der Waals surface area contributed by atoms with Gasteiger partial charge in [0.05, 0.1) is 7.11 Å². The van der Waals surface area contributed by atoms with Crippen molar-refractivity contribution in [3.8, 4) is 11.5 Å². The van der Waals surface area contributed by atoms with E-state index in [2.05, 4.69) is 11.9 Å². The predicted molar refractivity (Wildman–Crippen MR) is 73.3 cm³/mol. The van der Waals surface area contributed by atoms with Crippen LogP contribution in [0, 0.1) is 0 Å². The Labute approximate surface area is 113 Å². The lowest BCUT2D eigenvalue weighted by molar-refractivity contribution is 0.323. The Morgan fingerprint density at radius 3 is 2.83 bits per heavy atom. The van der Waals surface area contributed by atoms with E-state index in [1.807, 2.05) is 18.2 Å². The second-order valence-corrected chi connectivity index (χ2v) is 4.98. The van der Waals surface area contributed by atoms with Gasteiger partial charge in [0.1, 0.15) is 6.61 Å². The van der Waals surface area contributed by atoms with E-state index in [1.165, 1.54) is 18.4 Å². The maximum atomic E-state index is 5.70. The molecular formula is C14H18ClNO2. The number of benzene rings is 1. The summed E-state index contributed by atoms with van der Waals surface area (Å²) in [4.78, 5) is 0. The van der Waals surface area contributed by atoms with Gasteiger partial charge in [-0.15, -0.1) is 0 Å². The Kier molecular flexibility index (Phi) is 4.50. The summed E-state index contributed by atoms with van der Waals surface area (Å²) in [7, 11) is 1.62. The van der Waals surface area contributed by atoms with Crippen molar-refractivity contribution in [2.75, 3.05) is 13.7 Å². The van der Waals surface area contributed by atoms with Crippen LogP contribution in [-0.2, 0) is 6.54 Å². The van der Waals surface area contributed by atoms with Crippen molar-refractivity contribution in [2.45, 2.75) is 25.4 Å². The Hall–Kier alpha value is -1.19. The molecule has 0 aromatic heterocycles. The summed E-state index contributed by atoms with van der Waals surface area (Å²) in [5.74, 6) is 1.41.